The highest BCUT2D eigenvalue weighted by molar-refractivity contribution is 6.07. The van der Waals surface area contributed by atoms with Crippen molar-refractivity contribution in [2.75, 3.05) is 24.3 Å². The molecule has 7 heteroatoms. The van der Waals surface area contributed by atoms with Crippen LogP contribution >= 0.6 is 0 Å². The van der Waals surface area contributed by atoms with E-state index in [0.29, 0.717) is 30.0 Å². The highest BCUT2D eigenvalue weighted by Gasteiger charge is 2.26. The average molecular weight is 391 g/mol. The van der Waals surface area contributed by atoms with Crippen molar-refractivity contribution in [2.45, 2.75) is 19.8 Å². The molecule has 3 N–H and O–H groups in total. The number of hydrogen-bond acceptors (Lipinski definition) is 6. The van der Waals surface area contributed by atoms with Crippen molar-refractivity contribution in [1.82, 2.24) is 4.98 Å². The van der Waals surface area contributed by atoms with Gasteiger partial charge in [0.2, 0.25) is 5.88 Å². The number of carbonyl (C=O) groups is 2. The van der Waals surface area contributed by atoms with Crippen molar-refractivity contribution >= 4 is 28.7 Å². The zero-order valence-corrected chi connectivity index (χ0v) is 16.2. The average Bonchev–Trinajstić information content (AvgIpc) is 2.87. The zero-order chi connectivity index (χ0) is 20.5. The summed E-state index contributed by atoms with van der Waals surface area (Å²) in [5.74, 6) is -0.327. The fourth-order valence-electron chi connectivity index (χ4n) is 3.64. The maximum atomic E-state index is 12.9. The number of nitrogens with zero attached hydrogens (tertiary/aromatic N) is 1. The zero-order valence-electron chi connectivity index (χ0n) is 16.2. The molecular formula is C22H21N3O4. The Morgan fingerprint density at radius 1 is 1.28 bits per heavy atom. The molecule has 0 bridgehead atoms. The number of methoxy groups -OCH3 is 1. The maximum absolute atomic E-state index is 12.9. The van der Waals surface area contributed by atoms with E-state index in [-0.39, 0.29) is 12.2 Å². The Kier molecular flexibility index (Phi) is 4.80. The molecule has 0 radical (unpaired) electrons. The first-order chi connectivity index (χ1) is 13.9. The monoisotopic (exact) mass is 391 g/mol. The lowest BCUT2D eigenvalue weighted by molar-refractivity contribution is -0.136. The molecule has 1 aliphatic carbocycles. The number of rotatable bonds is 4. The molecule has 1 aromatic heterocycles. The van der Waals surface area contributed by atoms with Crippen LogP contribution in [-0.2, 0) is 16.0 Å². The van der Waals surface area contributed by atoms with Crippen LogP contribution < -0.4 is 15.4 Å². The minimum Gasteiger partial charge on any atom is -0.481 e. The second-order valence-corrected chi connectivity index (χ2v) is 7.13. The minimum atomic E-state index is -0.880. The summed E-state index contributed by atoms with van der Waals surface area (Å²) < 4.78 is 5.24. The highest BCUT2D eigenvalue weighted by atomic mass is 16.5. The number of aromatic nitrogens is 1. The van der Waals surface area contributed by atoms with Crippen LogP contribution in [0, 0.1) is 6.92 Å². The number of aliphatic carboxylic acids is 1. The van der Waals surface area contributed by atoms with Crippen LogP contribution in [0.15, 0.2) is 47.8 Å². The Morgan fingerprint density at radius 2 is 2.10 bits per heavy atom. The smallest absolute Gasteiger partial charge is 0.307 e. The molecule has 1 aromatic carbocycles. The van der Waals surface area contributed by atoms with Gasteiger partial charge in [-0.15, -0.1) is 0 Å². The number of pyridine rings is 1. The molecule has 2 aliphatic rings. The fourth-order valence-corrected chi connectivity index (χ4v) is 3.64. The van der Waals surface area contributed by atoms with E-state index in [1.807, 2.05) is 31.2 Å². The lowest BCUT2D eigenvalue weighted by atomic mass is 9.89. The Hall–Kier alpha value is -3.61. The molecule has 2 aromatic rings. The molecule has 0 spiro atoms. The molecule has 0 saturated carbocycles. The van der Waals surface area contributed by atoms with E-state index in [9.17, 15) is 9.59 Å². The molecule has 0 amide bonds. The summed E-state index contributed by atoms with van der Waals surface area (Å²) in [4.78, 5) is 28.1. The first-order valence-corrected chi connectivity index (χ1v) is 9.28. The van der Waals surface area contributed by atoms with Crippen LogP contribution in [0.25, 0.3) is 5.57 Å². The maximum Gasteiger partial charge on any atom is 0.307 e. The lowest BCUT2D eigenvalue weighted by Crippen LogP contribution is -2.19. The van der Waals surface area contributed by atoms with Gasteiger partial charge in [-0.25, -0.2) is 4.98 Å². The molecular weight excluding hydrogens is 370 g/mol. The van der Waals surface area contributed by atoms with Gasteiger partial charge >= 0.3 is 5.97 Å². The Bertz CT molecular complexity index is 1090. The Labute approximate surface area is 168 Å². The first-order valence-electron chi connectivity index (χ1n) is 9.28. The standard InChI is InChI=1S/C22H21N3O4/c1-12-10-24-21(29-2)9-15(12)14-7-18-16(20(26)8-14)11-23-19-5-13(6-22(27)28)3-4-17(19)25-18/h3-5,7,9-10,23,25H,6,8,11H2,1-2H3,(H,27,28). The number of ketones is 1. The number of carbonyl (C=O) groups excluding carboxylic acids is 1. The van der Waals surface area contributed by atoms with Crippen molar-refractivity contribution in [3.63, 3.8) is 0 Å². The fraction of sp³-hybridized carbons (Fsp3) is 0.227. The normalized spacial score (nSPS) is 15.4. The van der Waals surface area contributed by atoms with E-state index in [4.69, 9.17) is 9.84 Å². The van der Waals surface area contributed by atoms with Gasteiger partial charge in [0.05, 0.1) is 24.9 Å². The molecule has 2 heterocycles. The number of allylic oxidation sites excluding steroid dienone is 2. The molecule has 7 nitrogen and oxygen atoms in total. The third-order valence-corrected chi connectivity index (χ3v) is 5.13. The van der Waals surface area contributed by atoms with E-state index in [2.05, 4.69) is 15.6 Å². The van der Waals surface area contributed by atoms with E-state index < -0.39 is 5.97 Å². The van der Waals surface area contributed by atoms with Gasteiger partial charge in [0.1, 0.15) is 0 Å². The van der Waals surface area contributed by atoms with Crippen LogP contribution in [0.2, 0.25) is 0 Å². The summed E-state index contributed by atoms with van der Waals surface area (Å²) in [5.41, 5.74) is 6.54. The molecule has 1 aliphatic heterocycles. The van der Waals surface area contributed by atoms with Crippen LogP contribution in [0.3, 0.4) is 0 Å². The SMILES string of the molecule is COc1cc(C2=CC3=C(CNc4cc(CC(=O)O)ccc4N3)C(=O)C2)c(C)cn1. The van der Waals surface area contributed by atoms with E-state index in [0.717, 1.165) is 33.8 Å². The predicted molar refractivity (Wildman–Crippen MR) is 110 cm³/mol. The van der Waals surface area contributed by atoms with Crippen LogP contribution in [0.1, 0.15) is 23.1 Å². The van der Waals surface area contributed by atoms with E-state index in [1.165, 1.54) is 0 Å². The summed E-state index contributed by atoms with van der Waals surface area (Å²) >= 11 is 0. The first kappa shape index (κ1) is 18.7. The summed E-state index contributed by atoms with van der Waals surface area (Å²) in [7, 11) is 1.57. The third-order valence-electron chi connectivity index (χ3n) is 5.13. The summed E-state index contributed by atoms with van der Waals surface area (Å²) in [6, 6.07) is 7.27. The van der Waals surface area contributed by atoms with Crippen LogP contribution in [0.5, 0.6) is 5.88 Å². The van der Waals surface area contributed by atoms with Crippen molar-refractivity contribution in [3.8, 4) is 5.88 Å². The quantitative estimate of drug-likeness (QED) is 0.736. The third kappa shape index (κ3) is 3.71. The number of carboxylic acid groups (broad SMARTS) is 1. The topological polar surface area (TPSA) is 101 Å². The summed E-state index contributed by atoms with van der Waals surface area (Å²) in [6.07, 6.45) is 4.00. The van der Waals surface area contributed by atoms with Gasteiger partial charge in [0.15, 0.2) is 5.78 Å². The number of carboxylic acids is 1. The van der Waals surface area contributed by atoms with Crippen LogP contribution in [-0.4, -0.2) is 35.5 Å². The minimum absolute atomic E-state index is 0.0474. The van der Waals surface area contributed by atoms with Crippen molar-refractivity contribution in [2.24, 2.45) is 0 Å². The van der Waals surface area contributed by atoms with Crippen molar-refractivity contribution in [1.29, 1.82) is 0 Å². The number of anilines is 2. The molecule has 0 fully saturated rings. The van der Waals surface area contributed by atoms with Crippen LogP contribution in [0.4, 0.5) is 11.4 Å². The number of fused-ring (bicyclic) bond motifs is 1. The van der Waals surface area contributed by atoms with Gasteiger partial charge in [-0.2, -0.15) is 0 Å². The Balaban J connectivity index is 1.70. The van der Waals surface area contributed by atoms with Gasteiger partial charge in [0, 0.05) is 36.5 Å². The number of Topliss-reactive ketones (excluding diaryl/α,β-unsaturated/α-hetero) is 1. The number of aryl methyl sites for hydroxylation is 1. The number of hydrogen-bond donors (Lipinski definition) is 3. The van der Waals surface area contributed by atoms with E-state index in [1.54, 1.807) is 19.4 Å². The molecule has 29 heavy (non-hydrogen) atoms. The predicted octanol–water partition coefficient (Wildman–Crippen LogP) is 3.17. The van der Waals surface area contributed by atoms with Crippen molar-refractivity contribution in [3.05, 3.63) is 64.5 Å². The molecule has 0 unspecified atom stereocenters. The molecule has 0 atom stereocenters. The van der Waals surface area contributed by atoms with Gasteiger partial charge < -0.3 is 20.5 Å². The highest BCUT2D eigenvalue weighted by Crippen LogP contribution is 2.35. The lowest BCUT2D eigenvalue weighted by Gasteiger charge is -2.20. The molecule has 0 saturated heterocycles. The van der Waals surface area contributed by atoms with E-state index >= 15 is 0 Å². The van der Waals surface area contributed by atoms with Crippen molar-refractivity contribution < 1.29 is 19.4 Å². The second-order valence-electron chi connectivity index (χ2n) is 7.13. The Morgan fingerprint density at radius 3 is 2.86 bits per heavy atom. The number of ether oxygens (including phenoxy) is 1. The largest absolute Gasteiger partial charge is 0.481 e. The van der Waals surface area contributed by atoms with Gasteiger partial charge in [0.25, 0.3) is 0 Å². The number of nitrogens with one attached hydrogen (secondary N) is 2. The second kappa shape index (κ2) is 7.43. The van der Waals surface area contributed by atoms with Gasteiger partial charge in [-0.1, -0.05) is 6.07 Å². The molecule has 4 rings (SSSR count). The summed E-state index contributed by atoms with van der Waals surface area (Å²) in [5, 5.41) is 15.6. The van der Waals surface area contributed by atoms with Gasteiger partial charge in [-0.3, -0.25) is 9.59 Å². The number of benzene rings is 1. The molecule has 148 valence electrons. The van der Waals surface area contributed by atoms with Gasteiger partial charge in [-0.05, 0) is 47.4 Å². The summed E-state index contributed by atoms with van der Waals surface area (Å²) in [6.45, 7) is 2.34.